The Morgan fingerprint density at radius 3 is 2.75 bits per heavy atom. The summed E-state index contributed by atoms with van der Waals surface area (Å²) in [4.78, 5) is 13.0. The van der Waals surface area contributed by atoms with Crippen LogP contribution in [0, 0.1) is 22.7 Å². The van der Waals surface area contributed by atoms with Gasteiger partial charge in [-0.3, -0.25) is 9.48 Å². The number of hydrogen-bond donors (Lipinski definition) is 1. The van der Waals surface area contributed by atoms with Gasteiger partial charge in [-0.1, -0.05) is 44.2 Å². The molecule has 1 aromatic heterocycles. The van der Waals surface area contributed by atoms with Gasteiger partial charge >= 0.3 is 0 Å². The topological polar surface area (TPSA) is 56.2 Å². The third-order valence-corrected chi connectivity index (χ3v) is 7.85. The summed E-state index contributed by atoms with van der Waals surface area (Å²) in [5.74, 6) is 1.01. The Kier molecular flexibility index (Phi) is 3.96. The van der Waals surface area contributed by atoms with Crippen molar-refractivity contribution in [2.24, 2.45) is 29.7 Å². The number of nitrogens with one attached hydrogen (secondary N) is 1. The highest BCUT2D eigenvalue weighted by atomic mass is 16.5. The molecule has 2 aromatic rings. The first-order valence-electron chi connectivity index (χ1n) is 10.4. The van der Waals surface area contributed by atoms with E-state index in [9.17, 15) is 4.79 Å². The van der Waals surface area contributed by atoms with Gasteiger partial charge in [-0.05, 0) is 53.6 Å². The van der Waals surface area contributed by atoms with Crippen molar-refractivity contribution >= 4 is 5.91 Å². The van der Waals surface area contributed by atoms with E-state index in [0.717, 1.165) is 13.0 Å². The zero-order valence-electron chi connectivity index (χ0n) is 16.9. The van der Waals surface area contributed by atoms with Crippen LogP contribution in [0.1, 0.15) is 55.3 Å². The van der Waals surface area contributed by atoms with E-state index in [1.165, 1.54) is 18.4 Å². The maximum atomic E-state index is 13.0. The fourth-order valence-corrected chi connectivity index (χ4v) is 6.50. The molecular formula is C23H29N3O2. The highest BCUT2D eigenvalue weighted by Crippen LogP contribution is 2.70. The lowest BCUT2D eigenvalue weighted by Gasteiger charge is -2.53. The molecule has 2 heterocycles. The molecule has 5 rings (SSSR count). The number of aryl methyl sites for hydroxylation is 1. The number of carbonyl (C=O) groups excluding carboxylic acids is 1. The summed E-state index contributed by atoms with van der Waals surface area (Å²) < 4.78 is 7.99. The van der Waals surface area contributed by atoms with Crippen LogP contribution in [-0.4, -0.2) is 28.3 Å². The molecule has 3 fully saturated rings. The van der Waals surface area contributed by atoms with E-state index in [-0.39, 0.29) is 28.9 Å². The molecule has 28 heavy (non-hydrogen) atoms. The van der Waals surface area contributed by atoms with Gasteiger partial charge in [0.05, 0.1) is 6.10 Å². The molecule has 1 spiro atoms. The Morgan fingerprint density at radius 2 is 2.04 bits per heavy atom. The zero-order chi connectivity index (χ0) is 19.5. The number of aromatic nitrogens is 2. The Bertz CT molecular complexity index is 890. The van der Waals surface area contributed by atoms with Gasteiger partial charge in [-0.2, -0.15) is 5.10 Å². The second-order valence-corrected chi connectivity index (χ2v) is 9.53. The van der Waals surface area contributed by atoms with Crippen molar-refractivity contribution in [3.8, 4) is 0 Å². The summed E-state index contributed by atoms with van der Waals surface area (Å²) in [6, 6.07) is 12.6. The first-order valence-corrected chi connectivity index (χ1v) is 10.4. The van der Waals surface area contributed by atoms with E-state index >= 15 is 0 Å². The summed E-state index contributed by atoms with van der Waals surface area (Å²) in [5, 5.41) is 7.73. The molecule has 1 aromatic carbocycles. The fourth-order valence-electron chi connectivity index (χ4n) is 6.50. The molecule has 5 nitrogen and oxygen atoms in total. The molecule has 1 saturated heterocycles. The van der Waals surface area contributed by atoms with Crippen LogP contribution in [0.15, 0.2) is 42.6 Å². The Labute approximate surface area is 166 Å². The minimum absolute atomic E-state index is 0.0536. The van der Waals surface area contributed by atoms with Gasteiger partial charge in [-0.25, -0.2) is 0 Å². The number of hydrogen-bond acceptors (Lipinski definition) is 3. The van der Waals surface area contributed by atoms with Crippen LogP contribution in [0.4, 0.5) is 0 Å². The quantitative estimate of drug-likeness (QED) is 0.884. The number of amides is 1. The molecule has 2 aliphatic carbocycles. The maximum Gasteiger partial charge on any atom is 0.272 e. The lowest BCUT2D eigenvalue weighted by atomic mass is 9.59. The monoisotopic (exact) mass is 379 g/mol. The lowest BCUT2D eigenvalue weighted by molar-refractivity contribution is -0.120. The Hall–Kier alpha value is -2.14. The standard InChI is InChI=1S/C23H29N3O2/c1-22(2)16-13-17-19(15-7-5-4-6-8-15)28-12-10-23(17,14-16)21(22)24-20(27)18-9-11-26(3)25-18/h4-9,11,16-17,19,21H,10,12-14H2,1-3H3,(H,24,27)/t16-,17-,19-,21+,23-/m1/s1. The minimum atomic E-state index is -0.0536. The summed E-state index contributed by atoms with van der Waals surface area (Å²) in [6.07, 6.45) is 5.34. The smallest absolute Gasteiger partial charge is 0.272 e. The van der Waals surface area contributed by atoms with Crippen LogP contribution in [0.3, 0.4) is 0 Å². The molecular weight excluding hydrogens is 350 g/mol. The van der Waals surface area contributed by atoms with Crippen LogP contribution >= 0.6 is 0 Å². The lowest BCUT2D eigenvalue weighted by Crippen LogP contribution is -2.58. The van der Waals surface area contributed by atoms with Crippen molar-refractivity contribution in [2.75, 3.05) is 6.61 Å². The van der Waals surface area contributed by atoms with E-state index in [1.54, 1.807) is 10.7 Å². The SMILES string of the molecule is Cn1ccc(C(=O)N[C@H]2C(C)(C)[C@@H]3C[C@@H]4[C@@H](c5ccccc5)OCC[C@@]42C3)n1. The third-order valence-electron chi connectivity index (χ3n) is 7.85. The average Bonchev–Trinajstić information content (AvgIpc) is 3.34. The second-order valence-electron chi connectivity index (χ2n) is 9.53. The van der Waals surface area contributed by atoms with Crippen molar-refractivity contribution in [3.63, 3.8) is 0 Å². The summed E-state index contributed by atoms with van der Waals surface area (Å²) in [6.45, 7) is 5.42. The highest BCUT2D eigenvalue weighted by Gasteiger charge is 2.68. The molecule has 1 N–H and O–H groups in total. The van der Waals surface area contributed by atoms with Crippen LogP contribution in [0.25, 0.3) is 0 Å². The Balaban J connectivity index is 1.48. The first kappa shape index (κ1) is 17.9. The van der Waals surface area contributed by atoms with Crippen LogP contribution < -0.4 is 5.32 Å². The second kappa shape index (κ2) is 6.18. The van der Waals surface area contributed by atoms with Crippen molar-refractivity contribution in [2.45, 2.75) is 45.3 Å². The fraction of sp³-hybridized carbons (Fsp3) is 0.565. The molecule has 2 bridgehead atoms. The van der Waals surface area contributed by atoms with Gasteiger partial charge in [0.15, 0.2) is 0 Å². The molecule has 148 valence electrons. The largest absolute Gasteiger partial charge is 0.373 e. The van der Waals surface area contributed by atoms with Crippen molar-refractivity contribution < 1.29 is 9.53 Å². The van der Waals surface area contributed by atoms with E-state index in [0.29, 0.717) is 17.5 Å². The van der Waals surface area contributed by atoms with Gasteiger partial charge in [0.2, 0.25) is 0 Å². The van der Waals surface area contributed by atoms with E-state index in [2.05, 4.69) is 54.6 Å². The molecule has 1 aliphatic heterocycles. The number of nitrogens with zero attached hydrogens (tertiary/aromatic N) is 2. The van der Waals surface area contributed by atoms with Crippen molar-refractivity contribution in [1.82, 2.24) is 15.1 Å². The molecule has 1 amide bonds. The predicted molar refractivity (Wildman–Crippen MR) is 107 cm³/mol. The Morgan fingerprint density at radius 1 is 1.25 bits per heavy atom. The summed E-state index contributed by atoms with van der Waals surface area (Å²) in [7, 11) is 1.84. The van der Waals surface area contributed by atoms with Gasteiger partial charge in [0.25, 0.3) is 5.91 Å². The van der Waals surface area contributed by atoms with Gasteiger partial charge in [0, 0.05) is 25.9 Å². The molecule has 3 aliphatic rings. The molecule has 0 unspecified atom stereocenters. The van der Waals surface area contributed by atoms with E-state index in [4.69, 9.17) is 4.74 Å². The maximum absolute atomic E-state index is 13.0. The van der Waals surface area contributed by atoms with E-state index in [1.807, 2.05) is 13.2 Å². The summed E-state index contributed by atoms with van der Waals surface area (Å²) >= 11 is 0. The van der Waals surface area contributed by atoms with Crippen molar-refractivity contribution in [3.05, 3.63) is 53.9 Å². The average molecular weight is 380 g/mol. The third kappa shape index (κ3) is 2.48. The van der Waals surface area contributed by atoms with Crippen LogP contribution in [0.2, 0.25) is 0 Å². The molecule has 5 atom stereocenters. The number of fused-ring (bicyclic) bond motifs is 1. The molecule has 2 saturated carbocycles. The normalized spacial score (nSPS) is 35.5. The minimum Gasteiger partial charge on any atom is -0.373 e. The van der Waals surface area contributed by atoms with Gasteiger partial charge in [-0.15, -0.1) is 0 Å². The number of rotatable bonds is 3. The number of carbonyl (C=O) groups is 1. The predicted octanol–water partition coefficient (Wildman–Crippen LogP) is 3.73. The number of ether oxygens (including phenoxy) is 1. The summed E-state index contributed by atoms with van der Waals surface area (Å²) in [5.41, 5.74) is 1.96. The van der Waals surface area contributed by atoms with Crippen molar-refractivity contribution in [1.29, 1.82) is 0 Å². The molecule has 5 heteroatoms. The van der Waals surface area contributed by atoms with Gasteiger partial charge < -0.3 is 10.1 Å². The van der Waals surface area contributed by atoms with Crippen LogP contribution in [0.5, 0.6) is 0 Å². The van der Waals surface area contributed by atoms with E-state index < -0.39 is 0 Å². The highest BCUT2D eigenvalue weighted by molar-refractivity contribution is 5.92. The first-order chi connectivity index (χ1) is 13.4. The van der Waals surface area contributed by atoms with Gasteiger partial charge in [0.1, 0.15) is 5.69 Å². The number of benzene rings is 1. The molecule has 0 radical (unpaired) electrons. The van der Waals surface area contributed by atoms with Crippen LogP contribution in [-0.2, 0) is 11.8 Å². The zero-order valence-corrected chi connectivity index (χ0v) is 16.9.